The number of anilines is 1. The fourth-order valence-corrected chi connectivity index (χ4v) is 3.68. The zero-order valence-corrected chi connectivity index (χ0v) is 13.9. The van der Waals surface area contributed by atoms with E-state index in [0.717, 1.165) is 43.2 Å². The standard InChI is InChI=1S/C17H20N2O3S/c1-22-15-5-3-2-4-14(15)19-9-7-18(8-10-19)12-13-6-11-23-16(13)17(20)21/h2-6,11H,7-10,12H2,1H3,(H,20,21). The van der Waals surface area contributed by atoms with E-state index >= 15 is 0 Å². The van der Waals surface area contributed by atoms with E-state index in [1.165, 1.54) is 11.3 Å². The summed E-state index contributed by atoms with van der Waals surface area (Å²) in [6, 6.07) is 9.97. The number of piperazine rings is 1. The molecule has 1 saturated heterocycles. The molecular weight excluding hydrogens is 312 g/mol. The number of thiophene rings is 1. The molecule has 0 amide bonds. The third kappa shape index (κ3) is 3.48. The van der Waals surface area contributed by atoms with Gasteiger partial charge in [0.15, 0.2) is 0 Å². The van der Waals surface area contributed by atoms with Crippen molar-refractivity contribution >= 4 is 23.0 Å². The molecule has 6 heteroatoms. The molecule has 1 aliphatic heterocycles. The molecule has 0 spiro atoms. The zero-order valence-electron chi connectivity index (χ0n) is 13.1. The maximum absolute atomic E-state index is 11.2. The Morgan fingerprint density at radius 3 is 2.65 bits per heavy atom. The van der Waals surface area contributed by atoms with E-state index in [-0.39, 0.29) is 0 Å². The number of hydrogen-bond donors (Lipinski definition) is 1. The molecule has 1 aromatic carbocycles. The van der Waals surface area contributed by atoms with Crippen molar-refractivity contribution in [2.75, 3.05) is 38.2 Å². The second kappa shape index (κ2) is 7.02. The van der Waals surface area contributed by atoms with E-state index in [1.807, 2.05) is 29.6 Å². The third-order valence-corrected chi connectivity index (χ3v) is 5.08. The average molecular weight is 332 g/mol. The number of para-hydroxylation sites is 2. The molecule has 1 fully saturated rings. The van der Waals surface area contributed by atoms with Gasteiger partial charge in [-0.1, -0.05) is 12.1 Å². The minimum absolute atomic E-state index is 0.456. The van der Waals surface area contributed by atoms with Crippen LogP contribution in [0.2, 0.25) is 0 Å². The van der Waals surface area contributed by atoms with Crippen molar-refractivity contribution in [3.63, 3.8) is 0 Å². The fourth-order valence-electron chi connectivity index (χ4n) is 2.93. The number of benzene rings is 1. The van der Waals surface area contributed by atoms with Crippen molar-refractivity contribution in [3.8, 4) is 5.75 Å². The molecule has 23 heavy (non-hydrogen) atoms. The van der Waals surface area contributed by atoms with Crippen LogP contribution in [0.4, 0.5) is 5.69 Å². The predicted molar refractivity (Wildman–Crippen MR) is 91.8 cm³/mol. The van der Waals surface area contributed by atoms with Crippen molar-refractivity contribution in [2.45, 2.75) is 6.54 Å². The summed E-state index contributed by atoms with van der Waals surface area (Å²) in [5.74, 6) is 0.0644. The first-order valence-corrected chi connectivity index (χ1v) is 8.47. The Balaban J connectivity index is 1.62. The summed E-state index contributed by atoms with van der Waals surface area (Å²) in [6.07, 6.45) is 0. The van der Waals surface area contributed by atoms with E-state index in [0.29, 0.717) is 11.4 Å². The molecular formula is C17H20N2O3S. The van der Waals surface area contributed by atoms with E-state index in [2.05, 4.69) is 15.9 Å². The third-order valence-electron chi connectivity index (χ3n) is 4.13. The average Bonchev–Trinajstić information content (AvgIpc) is 3.04. The first-order chi connectivity index (χ1) is 11.2. The Bertz CT molecular complexity index is 678. The van der Waals surface area contributed by atoms with Gasteiger partial charge in [0.05, 0.1) is 12.8 Å². The smallest absolute Gasteiger partial charge is 0.346 e. The van der Waals surface area contributed by atoms with Crippen molar-refractivity contribution in [3.05, 3.63) is 46.2 Å². The van der Waals surface area contributed by atoms with Gasteiger partial charge in [-0.15, -0.1) is 11.3 Å². The molecule has 5 nitrogen and oxygen atoms in total. The highest BCUT2D eigenvalue weighted by molar-refractivity contribution is 7.12. The maximum atomic E-state index is 11.2. The van der Waals surface area contributed by atoms with Crippen LogP contribution in [0.15, 0.2) is 35.7 Å². The SMILES string of the molecule is COc1ccccc1N1CCN(Cc2ccsc2C(=O)O)CC1. The van der Waals surface area contributed by atoms with E-state index in [4.69, 9.17) is 4.74 Å². The molecule has 0 unspecified atom stereocenters. The second-order valence-electron chi connectivity index (χ2n) is 5.52. The van der Waals surface area contributed by atoms with Crippen LogP contribution < -0.4 is 9.64 Å². The minimum atomic E-state index is -0.831. The predicted octanol–water partition coefficient (Wildman–Crippen LogP) is 2.78. The molecule has 2 heterocycles. The summed E-state index contributed by atoms with van der Waals surface area (Å²) in [6.45, 7) is 4.34. The normalized spacial score (nSPS) is 15.6. The van der Waals surface area contributed by atoms with Crippen molar-refractivity contribution in [2.24, 2.45) is 0 Å². The van der Waals surface area contributed by atoms with E-state index in [9.17, 15) is 9.90 Å². The van der Waals surface area contributed by atoms with Crippen molar-refractivity contribution in [1.29, 1.82) is 0 Å². The lowest BCUT2D eigenvalue weighted by atomic mass is 10.2. The van der Waals surface area contributed by atoms with Gasteiger partial charge in [0.25, 0.3) is 0 Å². The Hall–Kier alpha value is -2.05. The lowest BCUT2D eigenvalue weighted by Crippen LogP contribution is -2.46. The lowest BCUT2D eigenvalue weighted by Gasteiger charge is -2.36. The molecule has 0 aliphatic carbocycles. The molecule has 0 saturated carbocycles. The van der Waals surface area contributed by atoms with Gasteiger partial charge in [0.1, 0.15) is 10.6 Å². The van der Waals surface area contributed by atoms with Gasteiger partial charge in [0.2, 0.25) is 0 Å². The van der Waals surface area contributed by atoms with Gasteiger partial charge in [-0.3, -0.25) is 4.90 Å². The van der Waals surface area contributed by atoms with Crippen molar-refractivity contribution in [1.82, 2.24) is 4.90 Å². The Morgan fingerprint density at radius 2 is 1.96 bits per heavy atom. The first kappa shape index (κ1) is 15.8. The number of rotatable bonds is 5. The monoisotopic (exact) mass is 332 g/mol. The van der Waals surface area contributed by atoms with E-state index < -0.39 is 5.97 Å². The quantitative estimate of drug-likeness (QED) is 0.912. The zero-order chi connectivity index (χ0) is 16.2. The van der Waals surface area contributed by atoms with Crippen LogP contribution in [-0.2, 0) is 6.54 Å². The summed E-state index contributed by atoms with van der Waals surface area (Å²) in [7, 11) is 1.69. The molecule has 3 rings (SSSR count). The fraction of sp³-hybridized carbons (Fsp3) is 0.353. The molecule has 0 bridgehead atoms. The largest absolute Gasteiger partial charge is 0.495 e. The summed E-state index contributed by atoms with van der Waals surface area (Å²) in [5.41, 5.74) is 2.03. The van der Waals surface area contributed by atoms with Crippen LogP contribution >= 0.6 is 11.3 Å². The number of nitrogens with zero attached hydrogens (tertiary/aromatic N) is 2. The van der Waals surface area contributed by atoms with Gasteiger partial charge in [-0.05, 0) is 29.1 Å². The van der Waals surface area contributed by atoms with Gasteiger partial charge < -0.3 is 14.7 Å². The highest BCUT2D eigenvalue weighted by Gasteiger charge is 2.21. The topological polar surface area (TPSA) is 53.0 Å². The van der Waals surface area contributed by atoms with Crippen LogP contribution in [0.5, 0.6) is 5.75 Å². The maximum Gasteiger partial charge on any atom is 0.346 e. The first-order valence-electron chi connectivity index (χ1n) is 7.59. The van der Waals surface area contributed by atoms with Crippen molar-refractivity contribution < 1.29 is 14.6 Å². The minimum Gasteiger partial charge on any atom is -0.495 e. The summed E-state index contributed by atoms with van der Waals surface area (Å²) in [4.78, 5) is 16.3. The highest BCUT2D eigenvalue weighted by Crippen LogP contribution is 2.28. The number of ether oxygens (including phenoxy) is 1. The van der Waals surface area contributed by atoms with Crippen LogP contribution in [0, 0.1) is 0 Å². The molecule has 1 aliphatic rings. The number of hydrogen-bond acceptors (Lipinski definition) is 5. The number of aromatic carboxylic acids is 1. The molecule has 122 valence electrons. The van der Waals surface area contributed by atoms with Gasteiger partial charge >= 0.3 is 5.97 Å². The van der Waals surface area contributed by atoms with Crippen LogP contribution in [0.3, 0.4) is 0 Å². The number of carboxylic acids is 1. The Morgan fingerprint density at radius 1 is 1.22 bits per heavy atom. The molecule has 0 radical (unpaired) electrons. The molecule has 2 aromatic rings. The molecule has 1 N–H and O–H groups in total. The second-order valence-corrected chi connectivity index (χ2v) is 6.43. The van der Waals surface area contributed by atoms with Gasteiger partial charge in [-0.2, -0.15) is 0 Å². The highest BCUT2D eigenvalue weighted by atomic mass is 32.1. The Kier molecular flexibility index (Phi) is 4.83. The summed E-state index contributed by atoms with van der Waals surface area (Å²) < 4.78 is 5.43. The summed E-state index contributed by atoms with van der Waals surface area (Å²) >= 11 is 1.30. The van der Waals surface area contributed by atoms with E-state index in [1.54, 1.807) is 7.11 Å². The number of carboxylic acid groups (broad SMARTS) is 1. The number of methoxy groups -OCH3 is 1. The Labute approximate surface area is 139 Å². The van der Waals surface area contributed by atoms with Gasteiger partial charge in [-0.25, -0.2) is 4.79 Å². The van der Waals surface area contributed by atoms with Crippen LogP contribution in [-0.4, -0.2) is 49.3 Å². The number of carbonyl (C=O) groups is 1. The lowest BCUT2D eigenvalue weighted by molar-refractivity contribution is 0.0700. The summed E-state index contributed by atoms with van der Waals surface area (Å²) in [5, 5.41) is 11.1. The van der Waals surface area contributed by atoms with Crippen LogP contribution in [0.1, 0.15) is 15.2 Å². The van der Waals surface area contributed by atoms with Gasteiger partial charge in [0, 0.05) is 32.7 Å². The molecule has 1 aromatic heterocycles. The van der Waals surface area contributed by atoms with Crippen LogP contribution in [0.25, 0.3) is 0 Å². The molecule has 0 atom stereocenters.